The largest absolute Gasteiger partial charge is 0.465 e. The predicted molar refractivity (Wildman–Crippen MR) is 97.7 cm³/mol. The number of unbranched alkanes of at least 4 members (excludes halogenated alkanes) is 2. The fourth-order valence-corrected chi connectivity index (χ4v) is 2.38. The molecule has 0 radical (unpaired) electrons. The van der Waals surface area contributed by atoms with Crippen molar-refractivity contribution in [1.29, 1.82) is 0 Å². The van der Waals surface area contributed by atoms with E-state index in [0.29, 0.717) is 13.2 Å². The Morgan fingerprint density at radius 2 is 1.09 bits per heavy atom. The van der Waals surface area contributed by atoms with Crippen LogP contribution in [0.4, 0.5) is 0 Å². The Bertz CT molecular complexity index is 257. The van der Waals surface area contributed by atoms with Gasteiger partial charge in [0.05, 0.1) is 13.2 Å². The van der Waals surface area contributed by atoms with Crippen LogP contribution in [0.15, 0.2) is 0 Å². The smallest absolute Gasteiger partial charge is 0.319 e. The molecule has 0 aliphatic rings. The summed E-state index contributed by atoms with van der Waals surface area (Å²) in [5.41, 5.74) is 0. The first-order valence-electron chi connectivity index (χ1n) is 8.05. The van der Waals surface area contributed by atoms with Gasteiger partial charge in [0.2, 0.25) is 0 Å². The zero-order valence-electron chi connectivity index (χ0n) is 14.2. The van der Waals surface area contributed by atoms with Crippen molar-refractivity contribution in [2.45, 2.75) is 75.9 Å². The maximum absolute atomic E-state index is 11.0. The minimum Gasteiger partial charge on any atom is -0.465 e. The van der Waals surface area contributed by atoms with E-state index in [1.165, 1.54) is 0 Å². The van der Waals surface area contributed by atoms with Gasteiger partial charge in [0.15, 0.2) is 0 Å². The van der Waals surface area contributed by atoms with Gasteiger partial charge >= 0.3 is 11.9 Å². The molecule has 0 bridgehead atoms. The van der Waals surface area contributed by atoms with E-state index in [1.807, 2.05) is 13.8 Å². The minimum absolute atomic E-state index is 0.109. The second-order valence-electron chi connectivity index (χ2n) is 4.72. The zero-order valence-corrected chi connectivity index (χ0v) is 17.4. The molecule has 0 aliphatic carbocycles. The highest BCUT2D eigenvalue weighted by atomic mass is 79.9. The number of alkyl halides is 2. The van der Waals surface area contributed by atoms with Crippen molar-refractivity contribution in [3.05, 3.63) is 0 Å². The second kappa shape index (κ2) is 17.3. The van der Waals surface area contributed by atoms with Crippen LogP contribution in [0, 0.1) is 0 Å². The third kappa shape index (κ3) is 14.8. The number of halogens is 2. The predicted octanol–water partition coefficient (Wildman–Crippen LogP) is 5.01. The summed E-state index contributed by atoms with van der Waals surface area (Å²) in [6.07, 6.45) is 6.09. The third-order valence-electron chi connectivity index (χ3n) is 2.71. The number of hydrogen-bond acceptors (Lipinski definition) is 4. The van der Waals surface area contributed by atoms with E-state index < -0.39 is 0 Å². The number of esters is 2. The zero-order chi connectivity index (χ0) is 17.4. The molecular formula is C16H30Br2O4. The van der Waals surface area contributed by atoms with E-state index in [9.17, 15) is 9.59 Å². The van der Waals surface area contributed by atoms with Crippen LogP contribution in [-0.2, 0) is 19.1 Å². The van der Waals surface area contributed by atoms with E-state index in [4.69, 9.17) is 9.47 Å². The minimum atomic E-state index is -0.138. The van der Waals surface area contributed by atoms with E-state index >= 15 is 0 Å². The molecule has 0 rings (SSSR count). The van der Waals surface area contributed by atoms with Crippen LogP contribution in [0.25, 0.3) is 0 Å². The average Bonchev–Trinajstić information content (AvgIpc) is 2.51. The molecule has 0 aromatic carbocycles. The van der Waals surface area contributed by atoms with Crippen LogP contribution < -0.4 is 0 Å². The van der Waals surface area contributed by atoms with Gasteiger partial charge in [-0.05, 0) is 26.7 Å². The molecule has 2 unspecified atom stereocenters. The molecule has 22 heavy (non-hydrogen) atoms. The highest BCUT2D eigenvalue weighted by Crippen LogP contribution is 2.11. The van der Waals surface area contributed by atoms with Gasteiger partial charge in [-0.15, -0.1) is 0 Å². The van der Waals surface area contributed by atoms with Gasteiger partial charge in [-0.25, -0.2) is 0 Å². The lowest BCUT2D eigenvalue weighted by molar-refractivity contribution is -0.143. The van der Waals surface area contributed by atoms with Gasteiger partial charge in [-0.3, -0.25) is 9.59 Å². The van der Waals surface area contributed by atoms with Crippen molar-refractivity contribution in [3.8, 4) is 0 Å². The molecule has 132 valence electrons. The maximum Gasteiger partial charge on any atom is 0.319 e. The molecule has 0 aliphatic heterocycles. The Hall–Kier alpha value is -0.100. The molecule has 0 fully saturated rings. The molecule has 0 aromatic rings. The fraction of sp³-hybridized carbons (Fsp3) is 0.875. The van der Waals surface area contributed by atoms with Crippen molar-refractivity contribution in [1.82, 2.24) is 0 Å². The summed E-state index contributed by atoms with van der Waals surface area (Å²) < 4.78 is 9.63. The molecule has 0 saturated heterocycles. The molecular weight excluding hydrogens is 416 g/mol. The monoisotopic (exact) mass is 444 g/mol. The van der Waals surface area contributed by atoms with E-state index in [2.05, 4.69) is 45.7 Å². The number of carbonyl (C=O) groups is 2. The van der Waals surface area contributed by atoms with Crippen LogP contribution in [0.5, 0.6) is 0 Å². The summed E-state index contributed by atoms with van der Waals surface area (Å²) in [7, 11) is 0. The SMILES string of the molecule is CCCCC(Br)C(=O)OCC.CCCCC(Br)C(=O)OCC. The molecule has 0 heterocycles. The molecule has 2 atom stereocenters. The van der Waals surface area contributed by atoms with Gasteiger partial charge in [-0.2, -0.15) is 0 Å². The standard InChI is InChI=1S/2C8H15BrO2/c2*1-3-5-6-7(9)8(10)11-4-2/h2*7H,3-6H2,1-2H3. The first-order valence-corrected chi connectivity index (χ1v) is 9.88. The van der Waals surface area contributed by atoms with Gasteiger partial charge in [0, 0.05) is 0 Å². The molecule has 6 heteroatoms. The van der Waals surface area contributed by atoms with Crippen molar-refractivity contribution >= 4 is 43.8 Å². The lowest BCUT2D eigenvalue weighted by Gasteiger charge is -2.06. The summed E-state index contributed by atoms with van der Waals surface area (Å²) in [4.78, 5) is 21.7. The van der Waals surface area contributed by atoms with Crippen LogP contribution in [0.1, 0.15) is 66.2 Å². The summed E-state index contributed by atoms with van der Waals surface area (Å²) in [6, 6.07) is 0. The summed E-state index contributed by atoms with van der Waals surface area (Å²) in [5, 5.41) is 0. The molecule has 0 saturated carbocycles. The van der Waals surface area contributed by atoms with Crippen molar-refractivity contribution in [2.75, 3.05) is 13.2 Å². The molecule has 0 aromatic heterocycles. The van der Waals surface area contributed by atoms with Crippen molar-refractivity contribution in [2.24, 2.45) is 0 Å². The fourth-order valence-electron chi connectivity index (χ4n) is 1.47. The quantitative estimate of drug-likeness (QED) is 0.350. The van der Waals surface area contributed by atoms with Crippen LogP contribution in [0.2, 0.25) is 0 Å². The lowest BCUT2D eigenvalue weighted by atomic mass is 10.2. The van der Waals surface area contributed by atoms with Gasteiger partial charge < -0.3 is 9.47 Å². The summed E-state index contributed by atoms with van der Waals surface area (Å²) in [5.74, 6) is -0.276. The van der Waals surface area contributed by atoms with Crippen LogP contribution >= 0.6 is 31.9 Å². The third-order valence-corrected chi connectivity index (χ3v) is 4.37. The van der Waals surface area contributed by atoms with Crippen LogP contribution in [-0.4, -0.2) is 34.8 Å². The first-order chi connectivity index (χ1) is 10.4. The van der Waals surface area contributed by atoms with E-state index in [-0.39, 0.29) is 21.6 Å². The lowest BCUT2D eigenvalue weighted by Crippen LogP contribution is -2.16. The Morgan fingerprint density at radius 3 is 1.32 bits per heavy atom. The highest BCUT2D eigenvalue weighted by Gasteiger charge is 2.14. The van der Waals surface area contributed by atoms with Crippen LogP contribution in [0.3, 0.4) is 0 Å². The Morgan fingerprint density at radius 1 is 0.773 bits per heavy atom. The first kappa shape index (κ1) is 24.2. The molecule has 0 spiro atoms. The number of hydrogen-bond donors (Lipinski definition) is 0. The van der Waals surface area contributed by atoms with E-state index in [0.717, 1.165) is 38.5 Å². The maximum atomic E-state index is 11.0. The Labute approximate surface area is 152 Å². The van der Waals surface area contributed by atoms with Gasteiger partial charge in [0.1, 0.15) is 9.65 Å². The van der Waals surface area contributed by atoms with Gasteiger partial charge in [0.25, 0.3) is 0 Å². The highest BCUT2D eigenvalue weighted by molar-refractivity contribution is 9.10. The van der Waals surface area contributed by atoms with Crippen molar-refractivity contribution < 1.29 is 19.1 Å². The van der Waals surface area contributed by atoms with E-state index in [1.54, 1.807) is 0 Å². The number of rotatable bonds is 10. The molecule has 0 amide bonds. The topological polar surface area (TPSA) is 52.6 Å². The average molecular weight is 446 g/mol. The Kier molecular flexibility index (Phi) is 18.9. The van der Waals surface area contributed by atoms with Crippen molar-refractivity contribution in [3.63, 3.8) is 0 Å². The second-order valence-corrected chi connectivity index (χ2v) is 6.93. The number of carbonyl (C=O) groups excluding carboxylic acids is 2. The van der Waals surface area contributed by atoms with Gasteiger partial charge in [-0.1, -0.05) is 71.4 Å². The number of ether oxygens (including phenoxy) is 2. The Balaban J connectivity index is 0. The molecule has 4 nitrogen and oxygen atoms in total. The molecule has 0 N–H and O–H groups in total. The summed E-state index contributed by atoms with van der Waals surface area (Å²) >= 11 is 6.54. The normalized spacial score (nSPS) is 12.6. The summed E-state index contributed by atoms with van der Waals surface area (Å²) in [6.45, 7) is 8.77.